The van der Waals surface area contributed by atoms with Crippen LogP contribution >= 0.6 is 0 Å². The number of aromatic nitrogens is 1. The number of esters is 1. The van der Waals surface area contributed by atoms with E-state index in [2.05, 4.69) is 0 Å². The SMILES string of the molecule is CC=CCn1c(C)c(C)c(C=O)c1C(=O)OC. The summed E-state index contributed by atoms with van der Waals surface area (Å²) in [6, 6.07) is 0. The number of hydrogen-bond donors (Lipinski definition) is 0. The summed E-state index contributed by atoms with van der Waals surface area (Å²) in [6.07, 6.45) is 4.53. The van der Waals surface area contributed by atoms with E-state index in [-0.39, 0.29) is 0 Å². The molecule has 0 atom stereocenters. The Bertz CT molecular complexity index is 469. The van der Waals surface area contributed by atoms with Crippen molar-refractivity contribution < 1.29 is 14.3 Å². The number of aldehydes is 1. The van der Waals surface area contributed by atoms with Gasteiger partial charge in [0.1, 0.15) is 5.69 Å². The van der Waals surface area contributed by atoms with Crippen LogP contribution < -0.4 is 0 Å². The Labute approximate surface area is 101 Å². The van der Waals surface area contributed by atoms with Gasteiger partial charge in [0.15, 0.2) is 6.29 Å². The van der Waals surface area contributed by atoms with Gasteiger partial charge in [0.2, 0.25) is 0 Å². The molecule has 0 bridgehead atoms. The molecule has 17 heavy (non-hydrogen) atoms. The highest BCUT2D eigenvalue weighted by Crippen LogP contribution is 2.21. The fraction of sp³-hybridized carbons (Fsp3) is 0.385. The second kappa shape index (κ2) is 5.48. The molecule has 0 unspecified atom stereocenters. The van der Waals surface area contributed by atoms with Gasteiger partial charge < -0.3 is 9.30 Å². The third kappa shape index (κ3) is 2.30. The summed E-state index contributed by atoms with van der Waals surface area (Å²) >= 11 is 0. The summed E-state index contributed by atoms with van der Waals surface area (Å²) in [5.74, 6) is -0.479. The lowest BCUT2D eigenvalue weighted by Gasteiger charge is -2.07. The quantitative estimate of drug-likeness (QED) is 0.457. The van der Waals surface area contributed by atoms with Crippen LogP contribution in [0.1, 0.15) is 39.0 Å². The van der Waals surface area contributed by atoms with Gasteiger partial charge in [-0.25, -0.2) is 4.79 Å². The van der Waals surface area contributed by atoms with Gasteiger partial charge >= 0.3 is 5.97 Å². The molecule has 0 amide bonds. The Balaban J connectivity index is 3.44. The number of hydrogen-bond acceptors (Lipinski definition) is 3. The van der Waals surface area contributed by atoms with Crippen LogP contribution in [0.25, 0.3) is 0 Å². The summed E-state index contributed by atoms with van der Waals surface area (Å²) in [6.45, 7) is 6.18. The van der Waals surface area contributed by atoms with Crippen molar-refractivity contribution in [1.82, 2.24) is 4.57 Å². The van der Waals surface area contributed by atoms with E-state index in [1.54, 1.807) is 4.57 Å². The van der Waals surface area contributed by atoms with E-state index in [1.807, 2.05) is 32.9 Å². The van der Waals surface area contributed by atoms with Crippen molar-refractivity contribution in [2.75, 3.05) is 7.11 Å². The van der Waals surface area contributed by atoms with Crippen molar-refractivity contribution in [3.8, 4) is 0 Å². The molecule has 0 saturated carbocycles. The number of rotatable bonds is 4. The topological polar surface area (TPSA) is 48.3 Å². The predicted molar refractivity (Wildman–Crippen MR) is 65.4 cm³/mol. The van der Waals surface area contributed by atoms with E-state index >= 15 is 0 Å². The molecule has 0 aliphatic carbocycles. The second-order valence-corrected chi connectivity index (χ2v) is 3.76. The van der Waals surface area contributed by atoms with Gasteiger partial charge in [-0.15, -0.1) is 0 Å². The first-order valence-corrected chi connectivity index (χ1v) is 5.42. The largest absolute Gasteiger partial charge is 0.464 e. The zero-order valence-corrected chi connectivity index (χ0v) is 10.6. The zero-order valence-electron chi connectivity index (χ0n) is 10.6. The number of allylic oxidation sites excluding steroid dienone is 2. The van der Waals surface area contributed by atoms with Crippen molar-refractivity contribution in [1.29, 1.82) is 0 Å². The number of nitrogens with zero attached hydrogens (tertiary/aromatic N) is 1. The first-order valence-electron chi connectivity index (χ1n) is 5.42. The first-order chi connectivity index (χ1) is 8.08. The Kier molecular flexibility index (Phi) is 4.26. The minimum atomic E-state index is -0.479. The fourth-order valence-corrected chi connectivity index (χ4v) is 1.79. The van der Waals surface area contributed by atoms with Crippen LogP contribution in [0.5, 0.6) is 0 Å². The maximum Gasteiger partial charge on any atom is 0.355 e. The van der Waals surface area contributed by atoms with Crippen LogP contribution in [0.4, 0.5) is 0 Å². The lowest BCUT2D eigenvalue weighted by molar-refractivity contribution is 0.0586. The maximum atomic E-state index is 11.7. The molecule has 1 aromatic rings. The molecule has 0 spiro atoms. The third-order valence-corrected chi connectivity index (χ3v) is 2.90. The predicted octanol–water partition coefficient (Wildman–Crippen LogP) is 2.28. The van der Waals surface area contributed by atoms with Crippen LogP contribution in [-0.2, 0) is 11.3 Å². The Morgan fingerprint density at radius 3 is 2.53 bits per heavy atom. The number of methoxy groups -OCH3 is 1. The highest BCUT2D eigenvalue weighted by atomic mass is 16.5. The van der Waals surface area contributed by atoms with Crippen LogP contribution in [0.15, 0.2) is 12.2 Å². The van der Waals surface area contributed by atoms with Crippen molar-refractivity contribution in [3.05, 3.63) is 34.7 Å². The van der Waals surface area contributed by atoms with Crippen LogP contribution in [-0.4, -0.2) is 23.9 Å². The average molecular weight is 235 g/mol. The van der Waals surface area contributed by atoms with Crippen molar-refractivity contribution in [2.45, 2.75) is 27.3 Å². The summed E-state index contributed by atoms with van der Waals surface area (Å²) in [4.78, 5) is 22.8. The highest BCUT2D eigenvalue weighted by Gasteiger charge is 2.22. The molecule has 0 aliphatic rings. The van der Waals surface area contributed by atoms with Crippen LogP contribution in [0, 0.1) is 13.8 Å². The molecule has 1 rings (SSSR count). The van der Waals surface area contributed by atoms with Crippen molar-refractivity contribution in [2.24, 2.45) is 0 Å². The lowest BCUT2D eigenvalue weighted by atomic mass is 10.1. The Morgan fingerprint density at radius 1 is 1.41 bits per heavy atom. The summed E-state index contributed by atoms with van der Waals surface area (Å²) in [5.41, 5.74) is 2.48. The zero-order chi connectivity index (χ0) is 13.0. The van der Waals surface area contributed by atoms with E-state index in [9.17, 15) is 9.59 Å². The van der Waals surface area contributed by atoms with E-state index in [0.29, 0.717) is 24.1 Å². The monoisotopic (exact) mass is 235 g/mol. The molecule has 0 radical (unpaired) electrons. The van der Waals surface area contributed by atoms with E-state index in [4.69, 9.17) is 4.74 Å². The van der Waals surface area contributed by atoms with E-state index in [1.165, 1.54) is 7.11 Å². The standard InChI is InChI=1S/C13H17NO3/c1-5-6-7-14-10(3)9(2)11(8-15)12(14)13(16)17-4/h5-6,8H,7H2,1-4H3. The molecule has 0 aliphatic heterocycles. The molecule has 4 heteroatoms. The van der Waals surface area contributed by atoms with Gasteiger partial charge in [0.05, 0.1) is 12.7 Å². The van der Waals surface area contributed by atoms with Gasteiger partial charge in [-0.1, -0.05) is 12.2 Å². The smallest absolute Gasteiger partial charge is 0.355 e. The van der Waals surface area contributed by atoms with Gasteiger partial charge in [-0.05, 0) is 26.3 Å². The average Bonchev–Trinajstić information content (AvgIpc) is 2.58. The van der Waals surface area contributed by atoms with Crippen molar-refractivity contribution >= 4 is 12.3 Å². The summed E-state index contributed by atoms with van der Waals surface area (Å²) in [5, 5.41) is 0. The Morgan fingerprint density at radius 2 is 2.06 bits per heavy atom. The number of carbonyl (C=O) groups excluding carboxylic acids is 2. The molecule has 1 aromatic heterocycles. The van der Waals surface area contributed by atoms with E-state index in [0.717, 1.165) is 11.3 Å². The fourth-order valence-electron chi connectivity index (χ4n) is 1.79. The third-order valence-electron chi connectivity index (χ3n) is 2.90. The normalized spacial score (nSPS) is 10.8. The molecule has 92 valence electrons. The Hall–Kier alpha value is -1.84. The minimum absolute atomic E-state index is 0.329. The molecule has 0 fully saturated rings. The molecule has 4 nitrogen and oxygen atoms in total. The first kappa shape index (κ1) is 13.2. The van der Waals surface area contributed by atoms with Crippen LogP contribution in [0.3, 0.4) is 0 Å². The number of carbonyl (C=O) groups is 2. The molecular weight excluding hydrogens is 218 g/mol. The highest BCUT2D eigenvalue weighted by molar-refractivity contribution is 5.98. The molecule has 0 N–H and O–H groups in total. The van der Waals surface area contributed by atoms with Gasteiger partial charge in [-0.2, -0.15) is 0 Å². The number of ether oxygens (including phenoxy) is 1. The molecule has 0 saturated heterocycles. The maximum absolute atomic E-state index is 11.7. The van der Waals surface area contributed by atoms with Crippen LogP contribution in [0.2, 0.25) is 0 Å². The minimum Gasteiger partial charge on any atom is -0.464 e. The summed E-state index contributed by atoms with van der Waals surface area (Å²) < 4.78 is 6.52. The summed E-state index contributed by atoms with van der Waals surface area (Å²) in [7, 11) is 1.31. The molecular formula is C13H17NO3. The van der Waals surface area contributed by atoms with Gasteiger partial charge in [0.25, 0.3) is 0 Å². The van der Waals surface area contributed by atoms with Gasteiger partial charge in [-0.3, -0.25) is 4.79 Å². The van der Waals surface area contributed by atoms with Gasteiger partial charge in [0, 0.05) is 12.2 Å². The second-order valence-electron chi connectivity index (χ2n) is 3.76. The molecule has 1 heterocycles. The van der Waals surface area contributed by atoms with Crippen molar-refractivity contribution in [3.63, 3.8) is 0 Å². The van der Waals surface area contributed by atoms with E-state index < -0.39 is 5.97 Å². The molecule has 0 aromatic carbocycles. The lowest BCUT2D eigenvalue weighted by Crippen LogP contribution is -2.13.